The van der Waals surface area contributed by atoms with Crippen LogP contribution < -0.4 is 15.8 Å². The highest BCUT2D eigenvalue weighted by Crippen LogP contribution is 2.20. The normalized spacial score (nSPS) is 11.5. The lowest BCUT2D eigenvalue weighted by molar-refractivity contribution is 0.321. The van der Waals surface area contributed by atoms with Crippen molar-refractivity contribution in [1.29, 1.82) is 0 Å². The van der Waals surface area contributed by atoms with Crippen LogP contribution in [0.15, 0.2) is 60.7 Å². The minimum absolute atomic E-state index is 0.426. The van der Waals surface area contributed by atoms with Crippen LogP contribution >= 0.6 is 0 Å². The van der Waals surface area contributed by atoms with E-state index in [4.69, 9.17) is 10.5 Å². The molecule has 1 aromatic heterocycles. The number of aromatic nitrogens is 2. The number of hydrogen-bond acceptors (Lipinski definition) is 5. The number of hydrogen-bond donors (Lipinski definition) is 2. The molecule has 5 heteroatoms. The number of para-hydroxylation sites is 3. The van der Waals surface area contributed by atoms with E-state index in [1.54, 1.807) is 0 Å². The van der Waals surface area contributed by atoms with E-state index in [1.807, 2.05) is 54.6 Å². The molecule has 5 nitrogen and oxygen atoms in total. The summed E-state index contributed by atoms with van der Waals surface area (Å²) in [5, 5.41) is 3.37. The highest BCUT2D eigenvalue weighted by Gasteiger charge is 2.10. The number of ether oxygens (including phenoxy) is 1. The van der Waals surface area contributed by atoms with Crippen LogP contribution in [0.3, 0.4) is 0 Å². The van der Waals surface area contributed by atoms with E-state index in [1.165, 1.54) is 0 Å². The molecule has 25 heavy (non-hydrogen) atoms. The van der Waals surface area contributed by atoms with Gasteiger partial charge in [0.25, 0.3) is 0 Å². The Hall–Kier alpha value is -3.08. The fourth-order valence-electron chi connectivity index (χ4n) is 2.54. The molecule has 0 amide bonds. The van der Waals surface area contributed by atoms with E-state index in [9.17, 15) is 0 Å². The number of rotatable bonds is 7. The van der Waals surface area contributed by atoms with E-state index >= 15 is 0 Å². The van der Waals surface area contributed by atoms with Gasteiger partial charge in [0.05, 0.1) is 16.7 Å². The van der Waals surface area contributed by atoms with Crippen molar-refractivity contribution in [3.8, 4) is 5.75 Å². The van der Waals surface area contributed by atoms with Crippen molar-refractivity contribution < 1.29 is 4.74 Å². The maximum Gasteiger partial charge on any atom is 0.152 e. The molecule has 2 aromatic carbocycles. The van der Waals surface area contributed by atoms with E-state index in [0.717, 1.165) is 28.9 Å². The minimum Gasteiger partial charge on any atom is -0.492 e. The zero-order valence-corrected chi connectivity index (χ0v) is 14.3. The number of anilines is 1. The van der Waals surface area contributed by atoms with Crippen LogP contribution in [0.2, 0.25) is 0 Å². The summed E-state index contributed by atoms with van der Waals surface area (Å²) in [6.07, 6.45) is 2.94. The summed E-state index contributed by atoms with van der Waals surface area (Å²) < 4.78 is 5.71. The molecule has 0 spiro atoms. The van der Waals surface area contributed by atoms with Gasteiger partial charge in [0, 0.05) is 6.54 Å². The quantitative estimate of drug-likeness (QED) is 0.646. The standard InChI is InChI=1S/C20H22N4O/c1-2-8-18(22-13-14-25-15-9-4-3-5-10-15)19-20(21)24-17-12-7-6-11-16(17)23-19/h3-12,22H,2,13-14H2,1H3,(H2,21,24)/b18-8+. The Labute approximate surface area is 147 Å². The lowest BCUT2D eigenvalue weighted by Crippen LogP contribution is -2.21. The first kappa shape index (κ1) is 16.8. The monoisotopic (exact) mass is 334 g/mol. The summed E-state index contributed by atoms with van der Waals surface area (Å²) in [5.41, 5.74) is 9.32. The second-order valence-corrected chi connectivity index (χ2v) is 5.56. The predicted octanol–water partition coefficient (Wildman–Crippen LogP) is 3.63. The van der Waals surface area contributed by atoms with Gasteiger partial charge in [-0.25, -0.2) is 9.97 Å². The average Bonchev–Trinajstić information content (AvgIpc) is 2.65. The van der Waals surface area contributed by atoms with Crippen LogP contribution in [0.1, 0.15) is 19.0 Å². The van der Waals surface area contributed by atoms with Gasteiger partial charge < -0.3 is 15.8 Å². The number of fused-ring (bicyclic) bond motifs is 1. The highest BCUT2D eigenvalue weighted by molar-refractivity contribution is 5.80. The molecule has 3 N–H and O–H groups in total. The molecule has 128 valence electrons. The van der Waals surface area contributed by atoms with Gasteiger partial charge in [-0.1, -0.05) is 43.3 Å². The van der Waals surface area contributed by atoms with E-state index < -0.39 is 0 Å². The molecule has 0 saturated heterocycles. The second-order valence-electron chi connectivity index (χ2n) is 5.56. The van der Waals surface area contributed by atoms with Crippen LogP contribution in [0.4, 0.5) is 5.82 Å². The maximum atomic E-state index is 6.13. The lowest BCUT2D eigenvalue weighted by Gasteiger charge is -2.13. The summed E-state index contributed by atoms with van der Waals surface area (Å²) in [4.78, 5) is 9.13. The Kier molecular flexibility index (Phi) is 5.46. The number of nitrogens with zero attached hydrogens (tertiary/aromatic N) is 2. The van der Waals surface area contributed by atoms with Crippen molar-refractivity contribution in [2.45, 2.75) is 13.3 Å². The Morgan fingerprint density at radius 3 is 2.44 bits per heavy atom. The second kappa shape index (κ2) is 8.15. The Morgan fingerprint density at radius 1 is 1.04 bits per heavy atom. The van der Waals surface area contributed by atoms with Gasteiger partial charge in [-0.2, -0.15) is 0 Å². The Morgan fingerprint density at radius 2 is 1.72 bits per heavy atom. The zero-order chi connectivity index (χ0) is 17.5. The minimum atomic E-state index is 0.426. The van der Waals surface area contributed by atoms with Crippen molar-refractivity contribution in [3.05, 3.63) is 66.4 Å². The van der Waals surface area contributed by atoms with Crippen LogP contribution in [0.5, 0.6) is 5.75 Å². The molecule has 3 rings (SSSR count). The Balaban J connectivity index is 1.71. The first-order valence-corrected chi connectivity index (χ1v) is 8.42. The number of nitrogens with one attached hydrogen (secondary N) is 1. The molecule has 0 aliphatic heterocycles. The first-order chi connectivity index (χ1) is 12.3. The molecular weight excluding hydrogens is 312 g/mol. The van der Waals surface area contributed by atoms with E-state index in [2.05, 4.69) is 28.3 Å². The summed E-state index contributed by atoms with van der Waals surface area (Å²) in [5.74, 6) is 1.28. The van der Waals surface area contributed by atoms with Gasteiger partial charge in [0.15, 0.2) is 5.82 Å². The fourth-order valence-corrected chi connectivity index (χ4v) is 2.54. The summed E-state index contributed by atoms with van der Waals surface area (Å²) in [6, 6.07) is 17.5. The third-order valence-electron chi connectivity index (χ3n) is 3.69. The molecule has 0 aliphatic rings. The molecule has 1 heterocycles. The fraction of sp³-hybridized carbons (Fsp3) is 0.200. The van der Waals surface area contributed by atoms with Gasteiger partial charge in [0.1, 0.15) is 18.1 Å². The third kappa shape index (κ3) is 4.26. The third-order valence-corrected chi connectivity index (χ3v) is 3.69. The summed E-state index contributed by atoms with van der Waals surface area (Å²) in [6.45, 7) is 3.27. The molecule has 0 fully saturated rings. The maximum absolute atomic E-state index is 6.13. The summed E-state index contributed by atoms with van der Waals surface area (Å²) >= 11 is 0. The Bertz CT molecular complexity index is 862. The van der Waals surface area contributed by atoms with Crippen LogP contribution in [-0.2, 0) is 0 Å². The van der Waals surface area contributed by atoms with Crippen molar-refractivity contribution in [2.24, 2.45) is 0 Å². The van der Waals surface area contributed by atoms with E-state index in [-0.39, 0.29) is 0 Å². The molecule has 3 aromatic rings. The number of nitrogens with two attached hydrogens (primary N) is 1. The number of nitrogen functional groups attached to an aromatic ring is 1. The zero-order valence-electron chi connectivity index (χ0n) is 14.3. The number of benzene rings is 2. The largest absolute Gasteiger partial charge is 0.492 e. The molecule has 0 saturated carbocycles. The predicted molar refractivity (Wildman–Crippen MR) is 102 cm³/mol. The first-order valence-electron chi connectivity index (χ1n) is 8.42. The number of allylic oxidation sites excluding steroid dienone is 1. The topological polar surface area (TPSA) is 73.1 Å². The molecule has 0 unspecified atom stereocenters. The summed E-state index contributed by atoms with van der Waals surface area (Å²) in [7, 11) is 0. The smallest absolute Gasteiger partial charge is 0.152 e. The van der Waals surface area contributed by atoms with Gasteiger partial charge in [0.2, 0.25) is 0 Å². The van der Waals surface area contributed by atoms with Crippen LogP contribution in [0.25, 0.3) is 16.7 Å². The lowest BCUT2D eigenvalue weighted by atomic mass is 10.2. The van der Waals surface area contributed by atoms with Gasteiger partial charge in [-0.15, -0.1) is 0 Å². The molecule has 0 radical (unpaired) electrons. The van der Waals surface area contributed by atoms with Crippen molar-refractivity contribution in [1.82, 2.24) is 15.3 Å². The van der Waals surface area contributed by atoms with E-state index in [0.29, 0.717) is 24.7 Å². The van der Waals surface area contributed by atoms with Crippen molar-refractivity contribution in [2.75, 3.05) is 18.9 Å². The average molecular weight is 334 g/mol. The van der Waals surface area contributed by atoms with Crippen molar-refractivity contribution >= 4 is 22.5 Å². The molecule has 0 aliphatic carbocycles. The van der Waals surface area contributed by atoms with Crippen molar-refractivity contribution in [3.63, 3.8) is 0 Å². The molecule has 0 bridgehead atoms. The molecular formula is C20H22N4O. The molecule has 0 atom stereocenters. The van der Waals surface area contributed by atoms with Gasteiger partial charge in [-0.05, 0) is 30.7 Å². The van der Waals surface area contributed by atoms with Gasteiger partial charge >= 0.3 is 0 Å². The van der Waals surface area contributed by atoms with Crippen LogP contribution in [-0.4, -0.2) is 23.1 Å². The SMILES string of the molecule is CC/C=C(/NCCOc1ccccc1)c1nc2ccccc2nc1N. The van der Waals surface area contributed by atoms with Gasteiger partial charge in [-0.3, -0.25) is 0 Å². The van der Waals surface area contributed by atoms with Crippen LogP contribution in [0, 0.1) is 0 Å². The highest BCUT2D eigenvalue weighted by atomic mass is 16.5.